The Morgan fingerprint density at radius 3 is 1.36 bits per heavy atom. The number of ether oxygens (including phenoxy) is 9. The number of hydrogen-bond donors (Lipinski definition) is 1. The van der Waals surface area contributed by atoms with E-state index in [1.165, 1.54) is 0 Å². The molecule has 2 aliphatic rings. The molecule has 0 amide bonds. The Labute approximate surface area is 377 Å². The molecular weight excluding hydrogens is 813 g/mol. The van der Waals surface area contributed by atoms with E-state index in [0.29, 0.717) is 32.5 Å². The van der Waals surface area contributed by atoms with Gasteiger partial charge in [-0.1, -0.05) is 158 Å². The van der Waals surface area contributed by atoms with Crippen LogP contribution in [0, 0.1) is 0 Å². The Hall–Kier alpha value is -4.79. The summed E-state index contributed by atoms with van der Waals surface area (Å²) >= 11 is 0. The van der Waals surface area contributed by atoms with Gasteiger partial charge >= 0.3 is 5.97 Å². The summed E-state index contributed by atoms with van der Waals surface area (Å²) in [6.07, 6.45) is -5.73. The van der Waals surface area contributed by atoms with Crippen molar-refractivity contribution in [2.45, 2.75) is 134 Å². The van der Waals surface area contributed by atoms with Crippen LogP contribution in [0.3, 0.4) is 0 Å². The van der Waals surface area contributed by atoms with Crippen LogP contribution in [-0.2, 0) is 80.5 Å². The molecule has 11 nitrogen and oxygen atoms in total. The van der Waals surface area contributed by atoms with Crippen molar-refractivity contribution in [1.82, 2.24) is 0 Å². The minimum atomic E-state index is -1.13. The summed E-state index contributed by atoms with van der Waals surface area (Å²) in [7, 11) is 0. The lowest BCUT2D eigenvalue weighted by Gasteiger charge is -2.49. The van der Waals surface area contributed by atoms with Gasteiger partial charge in [0.15, 0.2) is 12.6 Å². The molecule has 11 heteroatoms. The van der Waals surface area contributed by atoms with Gasteiger partial charge in [0.1, 0.15) is 43.2 Å². The van der Waals surface area contributed by atoms with E-state index in [-0.39, 0.29) is 32.4 Å². The molecule has 1 N–H and O–H groups in total. The molecule has 340 valence electrons. The molecule has 64 heavy (non-hydrogen) atoms. The van der Waals surface area contributed by atoms with Crippen molar-refractivity contribution in [3.05, 3.63) is 179 Å². The summed E-state index contributed by atoms with van der Waals surface area (Å²) in [5.41, 5.74) is 4.82. The van der Waals surface area contributed by atoms with Gasteiger partial charge in [0.05, 0.1) is 38.6 Å². The van der Waals surface area contributed by atoms with Gasteiger partial charge in [-0.25, -0.2) is 0 Å². The molecule has 2 heterocycles. The topological polar surface area (TPSA) is 120 Å². The van der Waals surface area contributed by atoms with Crippen LogP contribution in [0.2, 0.25) is 0 Å². The van der Waals surface area contributed by atoms with Gasteiger partial charge in [-0.3, -0.25) is 4.79 Å². The Morgan fingerprint density at radius 1 is 0.453 bits per heavy atom. The standard InChI is InChI=1S/C53H62O11/c1-38-47(58-34-41-23-11-4-12-24-41)46(55)49(60-36-43-27-15-6-16-28-43)53(63-38)64-51-50(61-37-44-29-17-7-18-30-44)48(59-35-42-25-13-5-14-26-42)39(2)62-52(51)56-32-20-8-19-31-45(54)57-33-40-21-9-3-10-22-40/h3-7,9-18,21-30,38-39,46-53,55H,8,19-20,31-37H2,1-2H3/t38-,39-,46+,47-,48-,49+,50+,51+,52-,53-/m0/s1. The summed E-state index contributed by atoms with van der Waals surface area (Å²) in [6.45, 7) is 5.45. The number of esters is 1. The van der Waals surface area contributed by atoms with Gasteiger partial charge in [-0.2, -0.15) is 0 Å². The van der Waals surface area contributed by atoms with E-state index in [1.807, 2.05) is 166 Å². The maximum Gasteiger partial charge on any atom is 0.306 e. The average molecular weight is 875 g/mol. The fraction of sp³-hybridized carbons (Fsp3) is 0.415. The number of carbonyl (C=O) groups excluding carboxylic acids is 1. The molecule has 2 saturated heterocycles. The van der Waals surface area contributed by atoms with Gasteiger partial charge in [-0.15, -0.1) is 0 Å². The van der Waals surface area contributed by atoms with Crippen molar-refractivity contribution in [3.8, 4) is 0 Å². The predicted octanol–water partition coefficient (Wildman–Crippen LogP) is 8.88. The van der Waals surface area contributed by atoms with Crippen molar-refractivity contribution >= 4 is 5.97 Å². The minimum absolute atomic E-state index is 0.195. The third kappa shape index (κ3) is 14.1. The molecule has 10 atom stereocenters. The van der Waals surface area contributed by atoms with Crippen molar-refractivity contribution in [3.63, 3.8) is 0 Å². The number of aliphatic hydroxyl groups is 1. The van der Waals surface area contributed by atoms with Crippen molar-refractivity contribution < 1.29 is 52.5 Å². The Bertz CT molecular complexity index is 2040. The predicted molar refractivity (Wildman–Crippen MR) is 240 cm³/mol. The first kappa shape index (κ1) is 47.2. The highest BCUT2D eigenvalue weighted by atomic mass is 16.8. The zero-order chi connectivity index (χ0) is 44.4. The van der Waals surface area contributed by atoms with E-state index in [1.54, 1.807) is 0 Å². The van der Waals surface area contributed by atoms with Crippen LogP contribution in [-0.4, -0.2) is 79.1 Å². The normalized spacial score (nSPS) is 25.7. The van der Waals surface area contributed by atoms with Gasteiger partial charge in [-0.05, 0) is 54.5 Å². The zero-order valence-corrected chi connectivity index (χ0v) is 36.8. The fourth-order valence-corrected chi connectivity index (χ4v) is 7.96. The third-order valence-corrected chi connectivity index (χ3v) is 11.5. The molecule has 0 unspecified atom stereocenters. The summed E-state index contributed by atoms with van der Waals surface area (Å²) in [5.74, 6) is -0.233. The van der Waals surface area contributed by atoms with Crippen LogP contribution in [0.5, 0.6) is 0 Å². The number of benzene rings is 5. The lowest BCUT2D eigenvalue weighted by Crippen LogP contribution is -2.64. The first-order valence-corrected chi connectivity index (χ1v) is 22.5. The number of rotatable bonds is 23. The number of unbranched alkanes of at least 4 members (excludes halogenated alkanes) is 2. The molecule has 5 aromatic carbocycles. The maximum atomic E-state index is 12.5. The second-order valence-corrected chi connectivity index (χ2v) is 16.4. The second kappa shape index (κ2) is 25.1. The molecule has 0 saturated carbocycles. The Balaban J connectivity index is 1.10. The van der Waals surface area contributed by atoms with E-state index in [0.717, 1.165) is 34.2 Å². The Morgan fingerprint density at radius 2 is 0.859 bits per heavy atom. The minimum Gasteiger partial charge on any atom is -0.461 e. The van der Waals surface area contributed by atoms with Crippen LogP contribution in [0.1, 0.15) is 67.3 Å². The van der Waals surface area contributed by atoms with Crippen LogP contribution in [0.15, 0.2) is 152 Å². The quantitative estimate of drug-likeness (QED) is 0.0501. The molecule has 5 aromatic rings. The molecule has 0 spiro atoms. The Kier molecular flexibility index (Phi) is 18.5. The summed E-state index contributed by atoms with van der Waals surface area (Å²) in [6, 6.07) is 49.1. The van der Waals surface area contributed by atoms with Gasteiger partial charge in [0.25, 0.3) is 0 Å². The fourth-order valence-electron chi connectivity index (χ4n) is 7.96. The van der Waals surface area contributed by atoms with Crippen molar-refractivity contribution in [2.24, 2.45) is 0 Å². The molecule has 0 aromatic heterocycles. The monoisotopic (exact) mass is 874 g/mol. The molecule has 0 aliphatic carbocycles. The second-order valence-electron chi connectivity index (χ2n) is 16.4. The summed E-state index contributed by atoms with van der Waals surface area (Å²) < 4.78 is 58.8. The zero-order valence-electron chi connectivity index (χ0n) is 36.8. The summed E-state index contributed by atoms with van der Waals surface area (Å²) in [4.78, 5) is 12.5. The van der Waals surface area contributed by atoms with Crippen LogP contribution in [0.25, 0.3) is 0 Å². The summed E-state index contributed by atoms with van der Waals surface area (Å²) in [5, 5.41) is 12.1. The van der Waals surface area contributed by atoms with Crippen LogP contribution < -0.4 is 0 Å². The molecule has 2 aliphatic heterocycles. The molecular formula is C53H62O11. The van der Waals surface area contributed by atoms with Crippen molar-refractivity contribution in [2.75, 3.05) is 6.61 Å². The smallest absolute Gasteiger partial charge is 0.306 e. The largest absolute Gasteiger partial charge is 0.461 e. The number of carbonyl (C=O) groups is 1. The highest BCUT2D eigenvalue weighted by Crippen LogP contribution is 2.35. The van der Waals surface area contributed by atoms with Gasteiger partial charge in [0.2, 0.25) is 0 Å². The number of aliphatic hydroxyl groups excluding tert-OH is 1. The lowest BCUT2D eigenvalue weighted by atomic mass is 9.97. The highest BCUT2D eigenvalue weighted by molar-refractivity contribution is 5.69. The SMILES string of the molecule is C[C@@H]1O[C@@H](O[C@H]2[C@@H](OCCCCCC(=O)OCc3ccccc3)O[C@@H](C)[C@H](OCc3ccccc3)[C@H]2OCc2ccccc2)[C@H](OCc2ccccc2)[C@H](O)[C@H]1OCc1ccccc1. The van der Waals surface area contributed by atoms with E-state index < -0.39 is 61.4 Å². The molecule has 0 radical (unpaired) electrons. The van der Waals surface area contributed by atoms with Gasteiger partial charge < -0.3 is 47.7 Å². The van der Waals surface area contributed by atoms with E-state index in [2.05, 4.69) is 0 Å². The first-order valence-electron chi connectivity index (χ1n) is 22.5. The van der Waals surface area contributed by atoms with Crippen molar-refractivity contribution in [1.29, 1.82) is 0 Å². The third-order valence-electron chi connectivity index (χ3n) is 11.5. The maximum absolute atomic E-state index is 12.5. The molecule has 7 rings (SSSR count). The van der Waals surface area contributed by atoms with Crippen LogP contribution in [0.4, 0.5) is 0 Å². The van der Waals surface area contributed by atoms with E-state index in [4.69, 9.17) is 42.6 Å². The highest BCUT2D eigenvalue weighted by Gasteiger charge is 2.52. The molecule has 2 fully saturated rings. The number of hydrogen-bond acceptors (Lipinski definition) is 11. The van der Waals surface area contributed by atoms with Gasteiger partial charge in [0, 0.05) is 13.0 Å². The van der Waals surface area contributed by atoms with Crippen LogP contribution >= 0.6 is 0 Å². The average Bonchev–Trinajstić information content (AvgIpc) is 3.33. The van der Waals surface area contributed by atoms with E-state index >= 15 is 0 Å². The molecule has 0 bridgehead atoms. The lowest BCUT2D eigenvalue weighted by molar-refractivity contribution is -0.375. The van der Waals surface area contributed by atoms with E-state index in [9.17, 15) is 9.90 Å². The first-order chi connectivity index (χ1) is 31.4.